The van der Waals surface area contributed by atoms with Crippen LogP contribution in [0.2, 0.25) is 0 Å². The lowest BCUT2D eigenvalue weighted by Gasteiger charge is -2.15. The minimum Gasteiger partial charge on any atom is -0.311 e. The van der Waals surface area contributed by atoms with Crippen LogP contribution in [-0.2, 0) is 11.2 Å². The molecule has 0 aromatic carbocycles. The third kappa shape index (κ3) is 2.09. The minimum atomic E-state index is -0.627. The second-order valence-corrected chi connectivity index (χ2v) is 5.55. The standard InChI is InChI=1S/C14H14N4O2S/c1-3-10-13(21-8-16-10)18-12(19)11(17(2)14(18)20)9-5-4-6-15-7-9/h4-8,11H,3H2,1-2H3. The molecule has 3 amide bonds. The number of nitrogens with zero attached hydrogens (tertiary/aromatic N) is 4. The molecule has 0 bridgehead atoms. The fourth-order valence-electron chi connectivity index (χ4n) is 2.43. The molecular formula is C14H14N4O2S. The molecule has 2 aromatic rings. The van der Waals surface area contributed by atoms with Gasteiger partial charge in [-0.1, -0.05) is 13.0 Å². The van der Waals surface area contributed by atoms with Crippen LogP contribution >= 0.6 is 11.3 Å². The Morgan fingerprint density at radius 1 is 1.38 bits per heavy atom. The van der Waals surface area contributed by atoms with E-state index in [0.717, 1.165) is 5.69 Å². The van der Waals surface area contributed by atoms with E-state index in [-0.39, 0.29) is 11.9 Å². The zero-order valence-electron chi connectivity index (χ0n) is 11.7. The third-order valence-electron chi connectivity index (χ3n) is 3.49. The maximum atomic E-state index is 12.7. The maximum absolute atomic E-state index is 12.7. The summed E-state index contributed by atoms with van der Waals surface area (Å²) in [6.45, 7) is 1.95. The van der Waals surface area contributed by atoms with Crippen LogP contribution in [-0.4, -0.2) is 33.9 Å². The van der Waals surface area contributed by atoms with Crippen LogP contribution in [0.15, 0.2) is 30.0 Å². The number of urea groups is 1. The van der Waals surface area contributed by atoms with Crippen molar-refractivity contribution in [2.24, 2.45) is 0 Å². The van der Waals surface area contributed by atoms with E-state index in [1.807, 2.05) is 6.92 Å². The molecule has 1 atom stereocenters. The number of pyridine rings is 1. The zero-order valence-corrected chi connectivity index (χ0v) is 12.5. The smallest absolute Gasteiger partial charge is 0.311 e. The summed E-state index contributed by atoms with van der Waals surface area (Å²) in [5, 5.41) is 0.616. The first-order valence-corrected chi connectivity index (χ1v) is 7.46. The molecule has 1 unspecified atom stereocenters. The topological polar surface area (TPSA) is 66.4 Å². The van der Waals surface area contributed by atoms with Crippen LogP contribution in [0.3, 0.4) is 0 Å². The molecule has 0 spiro atoms. The van der Waals surface area contributed by atoms with Gasteiger partial charge in [0.15, 0.2) is 0 Å². The van der Waals surface area contributed by atoms with Crippen molar-refractivity contribution in [1.82, 2.24) is 14.9 Å². The predicted molar refractivity (Wildman–Crippen MR) is 79.1 cm³/mol. The highest BCUT2D eigenvalue weighted by Crippen LogP contribution is 2.36. The molecule has 1 aliphatic rings. The Hall–Kier alpha value is -2.28. The molecule has 2 aromatic heterocycles. The average molecular weight is 302 g/mol. The van der Waals surface area contributed by atoms with Gasteiger partial charge < -0.3 is 4.90 Å². The highest BCUT2D eigenvalue weighted by Gasteiger charge is 2.46. The van der Waals surface area contributed by atoms with Crippen LogP contribution < -0.4 is 4.90 Å². The first-order chi connectivity index (χ1) is 10.1. The maximum Gasteiger partial charge on any atom is 0.332 e. The largest absolute Gasteiger partial charge is 0.332 e. The van der Waals surface area contributed by atoms with Gasteiger partial charge in [0, 0.05) is 25.0 Å². The summed E-state index contributed by atoms with van der Waals surface area (Å²) >= 11 is 1.31. The molecule has 0 N–H and O–H groups in total. The van der Waals surface area contributed by atoms with Gasteiger partial charge >= 0.3 is 6.03 Å². The molecule has 3 heterocycles. The fourth-order valence-corrected chi connectivity index (χ4v) is 3.31. The fraction of sp³-hybridized carbons (Fsp3) is 0.286. The van der Waals surface area contributed by atoms with E-state index < -0.39 is 6.04 Å². The van der Waals surface area contributed by atoms with Crippen molar-refractivity contribution in [2.45, 2.75) is 19.4 Å². The molecule has 1 aliphatic heterocycles. The van der Waals surface area contributed by atoms with Gasteiger partial charge in [0.25, 0.3) is 5.91 Å². The summed E-state index contributed by atoms with van der Waals surface area (Å²) in [5.74, 6) is -0.255. The number of thiazole rings is 1. The molecule has 0 aliphatic carbocycles. The van der Waals surface area contributed by atoms with E-state index in [4.69, 9.17) is 0 Å². The summed E-state index contributed by atoms with van der Waals surface area (Å²) in [6.07, 6.45) is 3.93. The van der Waals surface area contributed by atoms with Crippen molar-refractivity contribution in [1.29, 1.82) is 0 Å². The van der Waals surface area contributed by atoms with Crippen LogP contribution in [0.25, 0.3) is 0 Å². The SMILES string of the molecule is CCc1ncsc1N1C(=O)C(c2cccnc2)N(C)C1=O. The quantitative estimate of drug-likeness (QED) is 0.816. The number of imide groups is 1. The third-order valence-corrected chi connectivity index (χ3v) is 4.34. The summed E-state index contributed by atoms with van der Waals surface area (Å²) in [4.78, 5) is 36.1. The minimum absolute atomic E-state index is 0.255. The van der Waals surface area contributed by atoms with Crippen molar-refractivity contribution < 1.29 is 9.59 Å². The number of carbonyl (C=O) groups is 2. The van der Waals surface area contributed by atoms with Gasteiger partial charge in [-0.15, -0.1) is 11.3 Å². The van der Waals surface area contributed by atoms with Gasteiger partial charge in [-0.3, -0.25) is 9.78 Å². The number of aryl methyl sites for hydroxylation is 1. The second-order valence-electron chi connectivity index (χ2n) is 4.71. The van der Waals surface area contributed by atoms with Crippen LogP contribution in [0.5, 0.6) is 0 Å². The van der Waals surface area contributed by atoms with Crippen molar-refractivity contribution in [2.75, 3.05) is 11.9 Å². The number of hydrogen-bond donors (Lipinski definition) is 0. The van der Waals surface area contributed by atoms with Crippen molar-refractivity contribution >= 4 is 28.3 Å². The first-order valence-electron chi connectivity index (χ1n) is 6.58. The molecule has 7 heteroatoms. The Morgan fingerprint density at radius 2 is 2.19 bits per heavy atom. The van der Waals surface area contributed by atoms with Crippen molar-refractivity contribution in [3.05, 3.63) is 41.3 Å². The number of hydrogen-bond acceptors (Lipinski definition) is 5. The van der Waals surface area contributed by atoms with E-state index >= 15 is 0 Å². The number of aromatic nitrogens is 2. The number of amides is 3. The van der Waals surface area contributed by atoms with E-state index in [2.05, 4.69) is 9.97 Å². The van der Waals surface area contributed by atoms with Crippen LogP contribution in [0.4, 0.5) is 9.80 Å². The van der Waals surface area contributed by atoms with Crippen molar-refractivity contribution in [3.8, 4) is 0 Å². The van der Waals surface area contributed by atoms with E-state index in [9.17, 15) is 9.59 Å². The predicted octanol–water partition coefficient (Wildman–Crippen LogP) is 2.24. The van der Waals surface area contributed by atoms with Crippen LogP contribution in [0.1, 0.15) is 24.2 Å². The molecule has 108 valence electrons. The summed E-state index contributed by atoms with van der Waals surface area (Å²) < 4.78 is 0. The van der Waals surface area contributed by atoms with E-state index in [1.165, 1.54) is 21.1 Å². The second kappa shape index (κ2) is 5.25. The summed E-state index contributed by atoms with van der Waals surface area (Å²) in [5.41, 5.74) is 3.14. The molecule has 1 saturated heterocycles. The highest BCUT2D eigenvalue weighted by molar-refractivity contribution is 7.14. The Bertz CT molecular complexity index is 685. The van der Waals surface area contributed by atoms with Gasteiger partial charge in [0.05, 0.1) is 11.2 Å². The summed E-state index contributed by atoms with van der Waals surface area (Å²) in [7, 11) is 1.63. The molecule has 3 rings (SSSR count). The molecule has 6 nitrogen and oxygen atoms in total. The lowest BCUT2D eigenvalue weighted by molar-refractivity contribution is -0.119. The number of anilines is 1. The van der Waals surface area contributed by atoms with E-state index in [1.54, 1.807) is 37.1 Å². The average Bonchev–Trinajstić information content (AvgIpc) is 3.04. The van der Waals surface area contributed by atoms with Crippen LogP contribution in [0, 0.1) is 0 Å². The molecule has 21 heavy (non-hydrogen) atoms. The van der Waals surface area contributed by atoms with Gasteiger partial charge in [0.2, 0.25) is 0 Å². The molecule has 0 radical (unpaired) electrons. The molecule has 0 saturated carbocycles. The lowest BCUT2D eigenvalue weighted by atomic mass is 10.1. The monoisotopic (exact) mass is 302 g/mol. The lowest BCUT2D eigenvalue weighted by Crippen LogP contribution is -2.31. The van der Waals surface area contributed by atoms with Gasteiger partial charge in [-0.05, 0) is 12.5 Å². The van der Waals surface area contributed by atoms with E-state index in [0.29, 0.717) is 17.0 Å². The number of likely N-dealkylation sites (N-methyl/N-ethyl adjacent to an activating group) is 1. The Balaban J connectivity index is 2.02. The first kappa shape index (κ1) is 13.7. The normalized spacial score (nSPS) is 18.7. The van der Waals surface area contributed by atoms with Gasteiger partial charge in [0.1, 0.15) is 11.0 Å². The highest BCUT2D eigenvalue weighted by atomic mass is 32.1. The Kier molecular flexibility index (Phi) is 3.42. The summed E-state index contributed by atoms with van der Waals surface area (Å²) in [6, 6.07) is 2.61. The number of rotatable bonds is 3. The van der Waals surface area contributed by atoms with Gasteiger partial charge in [-0.25, -0.2) is 14.7 Å². The molecular weight excluding hydrogens is 288 g/mol. The van der Waals surface area contributed by atoms with Crippen molar-refractivity contribution in [3.63, 3.8) is 0 Å². The number of carbonyl (C=O) groups excluding carboxylic acids is 2. The van der Waals surface area contributed by atoms with Gasteiger partial charge in [-0.2, -0.15) is 0 Å². The molecule has 1 fully saturated rings. The Labute approximate surface area is 126 Å². The Morgan fingerprint density at radius 3 is 2.86 bits per heavy atom. The zero-order chi connectivity index (χ0) is 15.0.